The van der Waals surface area contributed by atoms with E-state index in [1.807, 2.05) is 60.9 Å². The van der Waals surface area contributed by atoms with E-state index < -0.39 is 0 Å². The number of rotatable bonds is 10. The zero-order valence-corrected chi connectivity index (χ0v) is 23.3. The fraction of sp³-hybridized carbons (Fsp3) is 0.294. The summed E-state index contributed by atoms with van der Waals surface area (Å²) in [5, 5.41) is 2.93. The molecule has 0 saturated heterocycles. The van der Waals surface area contributed by atoms with E-state index in [4.69, 9.17) is 14.5 Å². The Labute approximate surface area is 244 Å². The Morgan fingerprint density at radius 2 is 1.52 bits per heavy atom. The standard InChI is InChI=1S/C34H33N5O3/c40-33(26-14-8-3-9-15-26)38-31-30-32(36-22-35-31)39(23-37-30)29-18-28(42-20-25-12-6-2-7-13-25)27(34(29)16-17-34)21-41-19-24-10-4-1-5-11-24/h1-15,22-23,27-29H,16-21H2,(H,35,36,38,40)/t27-,28+,29+/m1/s1. The molecule has 1 spiro atoms. The quantitative estimate of drug-likeness (QED) is 0.218. The van der Waals surface area contributed by atoms with Crippen molar-refractivity contribution in [1.29, 1.82) is 0 Å². The maximum absolute atomic E-state index is 12.9. The van der Waals surface area contributed by atoms with Crippen molar-refractivity contribution in [2.75, 3.05) is 11.9 Å². The summed E-state index contributed by atoms with van der Waals surface area (Å²) in [6, 6.07) is 29.9. The molecule has 0 radical (unpaired) electrons. The van der Waals surface area contributed by atoms with E-state index in [2.05, 4.69) is 44.1 Å². The molecule has 8 nitrogen and oxygen atoms in total. The molecule has 1 N–H and O–H groups in total. The van der Waals surface area contributed by atoms with Gasteiger partial charge in [0.2, 0.25) is 0 Å². The van der Waals surface area contributed by atoms with Crippen LogP contribution in [0.5, 0.6) is 0 Å². The highest BCUT2D eigenvalue weighted by molar-refractivity contribution is 6.06. The summed E-state index contributed by atoms with van der Waals surface area (Å²) < 4.78 is 15.2. The third-order valence-corrected chi connectivity index (χ3v) is 8.81. The van der Waals surface area contributed by atoms with Crippen molar-refractivity contribution in [3.8, 4) is 0 Å². The summed E-state index contributed by atoms with van der Waals surface area (Å²) >= 11 is 0. The Morgan fingerprint density at radius 1 is 0.857 bits per heavy atom. The Hall–Kier alpha value is -4.40. The van der Waals surface area contributed by atoms with Crippen LogP contribution in [0.25, 0.3) is 11.2 Å². The number of carbonyl (C=O) groups excluding carboxylic acids is 1. The Balaban J connectivity index is 1.15. The molecule has 8 heteroatoms. The van der Waals surface area contributed by atoms with E-state index >= 15 is 0 Å². The minimum atomic E-state index is -0.227. The van der Waals surface area contributed by atoms with Crippen molar-refractivity contribution in [1.82, 2.24) is 19.5 Å². The molecule has 2 aliphatic carbocycles. The molecule has 0 bridgehead atoms. The highest BCUT2D eigenvalue weighted by Crippen LogP contribution is 2.67. The van der Waals surface area contributed by atoms with Crippen molar-refractivity contribution >= 4 is 22.9 Å². The van der Waals surface area contributed by atoms with E-state index in [0.29, 0.717) is 36.7 Å². The maximum atomic E-state index is 12.9. The molecule has 3 atom stereocenters. The molecule has 2 saturated carbocycles. The largest absolute Gasteiger partial charge is 0.376 e. The van der Waals surface area contributed by atoms with Crippen molar-refractivity contribution in [2.24, 2.45) is 11.3 Å². The van der Waals surface area contributed by atoms with Gasteiger partial charge in [-0.05, 0) is 47.9 Å². The molecule has 2 aromatic heterocycles. The summed E-state index contributed by atoms with van der Waals surface area (Å²) in [5.74, 6) is 0.427. The molecule has 7 rings (SSSR count). The monoisotopic (exact) mass is 559 g/mol. The molecule has 1 amide bonds. The number of aromatic nitrogens is 4. The van der Waals surface area contributed by atoms with E-state index in [9.17, 15) is 4.79 Å². The number of hydrogen-bond acceptors (Lipinski definition) is 6. The summed E-state index contributed by atoms with van der Waals surface area (Å²) in [5.41, 5.74) is 4.24. The van der Waals surface area contributed by atoms with Crippen LogP contribution in [-0.2, 0) is 22.7 Å². The number of nitrogens with zero attached hydrogens (tertiary/aromatic N) is 4. The second kappa shape index (κ2) is 11.5. The van der Waals surface area contributed by atoms with Crippen LogP contribution < -0.4 is 5.32 Å². The molecule has 5 aromatic rings. The predicted molar refractivity (Wildman–Crippen MR) is 160 cm³/mol. The summed E-state index contributed by atoms with van der Waals surface area (Å²) in [6.45, 7) is 1.77. The van der Waals surface area contributed by atoms with E-state index in [-0.39, 0.29) is 29.4 Å². The van der Waals surface area contributed by atoms with Gasteiger partial charge in [-0.25, -0.2) is 15.0 Å². The Kier molecular flexibility index (Phi) is 7.23. The number of fused-ring (bicyclic) bond motifs is 1. The molecule has 42 heavy (non-hydrogen) atoms. The minimum Gasteiger partial charge on any atom is -0.376 e. The van der Waals surface area contributed by atoms with Gasteiger partial charge in [-0.1, -0.05) is 78.9 Å². The van der Waals surface area contributed by atoms with Gasteiger partial charge >= 0.3 is 0 Å². The zero-order valence-electron chi connectivity index (χ0n) is 23.3. The topological polar surface area (TPSA) is 91.2 Å². The van der Waals surface area contributed by atoms with Crippen LogP contribution in [0.4, 0.5) is 5.82 Å². The molecular formula is C34H33N5O3. The lowest BCUT2D eigenvalue weighted by Crippen LogP contribution is -2.29. The van der Waals surface area contributed by atoms with E-state index in [1.165, 1.54) is 11.9 Å². The van der Waals surface area contributed by atoms with Crippen molar-refractivity contribution in [3.05, 3.63) is 120 Å². The number of nitrogens with one attached hydrogen (secondary N) is 1. The number of benzene rings is 3. The van der Waals surface area contributed by atoms with E-state index in [1.54, 1.807) is 12.1 Å². The van der Waals surface area contributed by atoms with E-state index in [0.717, 1.165) is 30.5 Å². The van der Waals surface area contributed by atoms with Gasteiger partial charge in [-0.2, -0.15) is 0 Å². The van der Waals surface area contributed by atoms with Gasteiger partial charge in [-0.15, -0.1) is 0 Å². The lowest BCUT2D eigenvalue weighted by molar-refractivity contribution is -0.0327. The second-order valence-electron chi connectivity index (χ2n) is 11.3. The van der Waals surface area contributed by atoms with Crippen LogP contribution in [0.2, 0.25) is 0 Å². The van der Waals surface area contributed by atoms with Gasteiger partial charge in [-0.3, -0.25) is 4.79 Å². The van der Waals surface area contributed by atoms with Crippen molar-refractivity contribution in [2.45, 2.75) is 44.6 Å². The molecule has 0 unspecified atom stereocenters. The van der Waals surface area contributed by atoms with Crippen LogP contribution in [0.1, 0.15) is 46.8 Å². The first kappa shape index (κ1) is 26.5. The highest BCUT2D eigenvalue weighted by atomic mass is 16.5. The number of ether oxygens (including phenoxy) is 2. The number of amides is 1. The first-order chi connectivity index (χ1) is 20.7. The van der Waals surface area contributed by atoms with Crippen molar-refractivity contribution in [3.63, 3.8) is 0 Å². The van der Waals surface area contributed by atoms with Crippen LogP contribution in [0.3, 0.4) is 0 Å². The maximum Gasteiger partial charge on any atom is 0.256 e. The molecular weight excluding hydrogens is 526 g/mol. The number of anilines is 1. The molecule has 0 aliphatic heterocycles. The number of hydrogen-bond donors (Lipinski definition) is 1. The third-order valence-electron chi connectivity index (χ3n) is 8.81. The molecule has 2 heterocycles. The fourth-order valence-electron chi connectivity index (χ4n) is 6.53. The smallest absolute Gasteiger partial charge is 0.256 e. The average Bonchev–Trinajstić information content (AvgIpc) is 3.63. The normalized spacial score (nSPS) is 20.6. The summed E-state index contributed by atoms with van der Waals surface area (Å²) in [4.78, 5) is 26.6. The molecule has 2 fully saturated rings. The van der Waals surface area contributed by atoms with Gasteiger partial charge in [0.15, 0.2) is 17.0 Å². The first-order valence-electron chi connectivity index (χ1n) is 14.5. The molecule has 212 valence electrons. The minimum absolute atomic E-state index is 0.0324. The zero-order chi connectivity index (χ0) is 28.4. The fourth-order valence-corrected chi connectivity index (χ4v) is 6.53. The van der Waals surface area contributed by atoms with Gasteiger partial charge < -0.3 is 19.4 Å². The van der Waals surface area contributed by atoms with Gasteiger partial charge in [0.1, 0.15) is 6.33 Å². The van der Waals surface area contributed by atoms with Gasteiger partial charge in [0.05, 0.1) is 32.3 Å². The second-order valence-corrected chi connectivity index (χ2v) is 11.3. The summed E-state index contributed by atoms with van der Waals surface area (Å²) in [6.07, 6.45) is 6.43. The lowest BCUT2D eigenvalue weighted by Gasteiger charge is -2.27. The Bertz CT molecular complexity index is 1650. The molecule has 3 aromatic carbocycles. The Morgan fingerprint density at radius 3 is 2.21 bits per heavy atom. The average molecular weight is 560 g/mol. The third kappa shape index (κ3) is 5.19. The van der Waals surface area contributed by atoms with Crippen LogP contribution in [0, 0.1) is 11.3 Å². The van der Waals surface area contributed by atoms with Crippen LogP contribution >= 0.6 is 0 Å². The number of imidazole rings is 1. The predicted octanol–water partition coefficient (Wildman–Crippen LogP) is 6.22. The lowest BCUT2D eigenvalue weighted by atomic mass is 9.89. The van der Waals surface area contributed by atoms with Crippen LogP contribution in [0.15, 0.2) is 104 Å². The van der Waals surface area contributed by atoms with Gasteiger partial charge in [0, 0.05) is 17.5 Å². The highest BCUT2D eigenvalue weighted by Gasteiger charge is 2.63. The molecule has 2 aliphatic rings. The van der Waals surface area contributed by atoms with Gasteiger partial charge in [0.25, 0.3) is 5.91 Å². The first-order valence-corrected chi connectivity index (χ1v) is 14.5. The van der Waals surface area contributed by atoms with Crippen LogP contribution in [-0.4, -0.2) is 38.1 Å². The number of carbonyl (C=O) groups is 1. The van der Waals surface area contributed by atoms with Crippen molar-refractivity contribution < 1.29 is 14.3 Å². The SMILES string of the molecule is O=C(Nc1ncnc2c1ncn2[C@H]1C[C@H](OCc2ccccc2)[C@@H](COCc2ccccc2)C12CC2)c1ccccc1. The summed E-state index contributed by atoms with van der Waals surface area (Å²) in [7, 11) is 0.